The fourth-order valence-corrected chi connectivity index (χ4v) is 4.67. The normalized spacial score (nSPS) is 20.1. The molecule has 1 unspecified atom stereocenters. The number of amides is 2. The number of carbonyl (C=O) groups is 2. The largest absolute Gasteiger partial charge is 0.339 e. The summed E-state index contributed by atoms with van der Waals surface area (Å²) in [6, 6.07) is 14.0. The molecule has 29 heavy (non-hydrogen) atoms. The minimum absolute atomic E-state index is 0.0386. The molecule has 152 valence electrons. The highest BCUT2D eigenvalue weighted by molar-refractivity contribution is 9.10. The van der Waals surface area contributed by atoms with E-state index in [0.717, 1.165) is 23.9 Å². The Morgan fingerprint density at radius 1 is 0.897 bits per heavy atom. The second kappa shape index (κ2) is 8.66. The van der Waals surface area contributed by atoms with Crippen LogP contribution < -0.4 is 0 Å². The van der Waals surface area contributed by atoms with Gasteiger partial charge in [-0.1, -0.05) is 28.1 Å². The summed E-state index contributed by atoms with van der Waals surface area (Å²) in [7, 11) is 0. The number of rotatable bonds is 3. The summed E-state index contributed by atoms with van der Waals surface area (Å²) >= 11 is 3.47. The highest BCUT2D eigenvalue weighted by Crippen LogP contribution is 2.35. The van der Waals surface area contributed by atoms with Crippen LogP contribution >= 0.6 is 15.9 Å². The van der Waals surface area contributed by atoms with Crippen molar-refractivity contribution >= 4 is 27.7 Å². The summed E-state index contributed by atoms with van der Waals surface area (Å²) < 4.78 is 14.1. The van der Waals surface area contributed by atoms with Gasteiger partial charge < -0.3 is 9.80 Å². The molecule has 2 saturated heterocycles. The number of nitrogens with zero attached hydrogens (tertiary/aromatic N) is 2. The SMILES string of the molecule is O=C(c1ccc(F)cc1)N1CCC(C(=O)N2CCCC2c2ccc(Br)cc2)CC1. The second-order valence-corrected chi connectivity index (χ2v) is 8.73. The minimum Gasteiger partial charge on any atom is -0.339 e. The van der Waals surface area contributed by atoms with Crippen molar-refractivity contribution in [1.29, 1.82) is 0 Å². The van der Waals surface area contributed by atoms with E-state index in [9.17, 15) is 14.0 Å². The van der Waals surface area contributed by atoms with Crippen LogP contribution in [0.15, 0.2) is 53.0 Å². The maximum atomic E-state index is 13.2. The lowest BCUT2D eigenvalue weighted by molar-refractivity contribution is -0.137. The van der Waals surface area contributed by atoms with Crippen LogP contribution in [0.2, 0.25) is 0 Å². The Hall–Kier alpha value is -2.21. The number of likely N-dealkylation sites (tertiary alicyclic amines) is 2. The lowest BCUT2D eigenvalue weighted by Gasteiger charge is -2.35. The Morgan fingerprint density at radius 3 is 2.21 bits per heavy atom. The predicted octanol–water partition coefficient (Wildman–Crippen LogP) is 4.80. The van der Waals surface area contributed by atoms with Crippen molar-refractivity contribution in [2.24, 2.45) is 5.92 Å². The van der Waals surface area contributed by atoms with Gasteiger partial charge in [-0.15, -0.1) is 0 Å². The summed E-state index contributed by atoms with van der Waals surface area (Å²) in [6.07, 6.45) is 3.37. The molecule has 1 atom stereocenters. The molecule has 0 aromatic heterocycles. The highest BCUT2D eigenvalue weighted by atomic mass is 79.9. The molecule has 2 aliphatic rings. The van der Waals surface area contributed by atoms with Gasteiger partial charge in [0, 0.05) is 35.6 Å². The van der Waals surface area contributed by atoms with Gasteiger partial charge in [-0.3, -0.25) is 9.59 Å². The van der Waals surface area contributed by atoms with Crippen LogP contribution in [0.4, 0.5) is 4.39 Å². The number of benzene rings is 2. The molecule has 0 saturated carbocycles. The molecule has 2 aromatic rings. The zero-order valence-electron chi connectivity index (χ0n) is 16.2. The maximum absolute atomic E-state index is 13.2. The van der Waals surface area contributed by atoms with Crippen LogP contribution in [0.3, 0.4) is 0 Å². The van der Waals surface area contributed by atoms with Crippen LogP contribution in [-0.4, -0.2) is 41.2 Å². The van der Waals surface area contributed by atoms with E-state index in [2.05, 4.69) is 28.1 Å². The van der Waals surface area contributed by atoms with Gasteiger partial charge in [0.1, 0.15) is 5.82 Å². The van der Waals surface area contributed by atoms with Gasteiger partial charge in [0.05, 0.1) is 6.04 Å². The molecule has 0 aliphatic carbocycles. The van der Waals surface area contributed by atoms with E-state index < -0.39 is 0 Å². The number of halogens is 2. The van der Waals surface area contributed by atoms with Gasteiger partial charge in [0.25, 0.3) is 5.91 Å². The molecule has 0 spiro atoms. The van der Waals surface area contributed by atoms with Crippen LogP contribution in [0.5, 0.6) is 0 Å². The van der Waals surface area contributed by atoms with E-state index in [1.165, 1.54) is 29.8 Å². The zero-order valence-corrected chi connectivity index (χ0v) is 17.8. The first-order chi connectivity index (χ1) is 14.0. The molecule has 2 fully saturated rings. The summed E-state index contributed by atoms with van der Waals surface area (Å²) in [5.74, 6) is -0.269. The minimum atomic E-state index is -0.350. The van der Waals surface area contributed by atoms with Crippen molar-refractivity contribution < 1.29 is 14.0 Å². The van der Waals surface area contributed by atoms with E-state index in [1.54, 1.807) is 4.90 Å². The second-order valence-electron chi connectivity index (χ2n) is 7.81. The predicted molar refractivity (Wildman–Crippen MR) is 113 cm³/mol. The van der Waals surface area contributed by atoms with Crippen molar-refractivity contribution in [3.05, 3.63) is 69.9 Å². The fraction of sp³-hybridized carbons (Fsp3) is 0.391. The molecule has 4 nitrogen and oxygen atoms in total. The Labute approximate surface area is 178 Å². The first kappa shape index (κ1) is 20.1. The van der Waals surface area contributed by atoms with Gasteiger partial charge in [0.2, 0.25) is 5.91 Å². The number of carbonyl (C=O) groups excluding carboxylic acids is 2. The van der Waals surface area contributed by atoms with Crippen LogP contribution in [0.1, 0.15) is 47.6 Å². The van der Waals surface area contributed by atoms with Crippen molar-refractivity contribution in [1.82, 2.24) is 9.80 Å². The van der Waals surface area contributed by atoms with Crippen molar-refractivity contribution in [2.45, 2.75) is 31.7 Å². The molecule has 0 radical (unpaired) electrons. The van der Waals surface area contributed by atoms with Crippen molar-refractivity contribution in [3.8, 4) is 0 Å². The average Bonchev–Trinajstić information content (AvgIpc) is 3.24. The number of hydrogen-bond donors (Lipinski definition) is 0. The van der Waals surface area contributed by atoms with Gasteiger partial charge in [0.15, 0.2) is 0 Å². The van der Waals surface area contributed by atoms with E-state index in [-0.39, 0.29) is 29.6 Å². The topological polar surface area (TPSA) is 40.6 Å². The van der Waals surface area contributed by atoms with Crippen molar-refractivity contribution in [2.75, 3.05) is 19.6 Å². The van der Waals surface area contributed by atoms with Crippen molar-refractivity contribution in [3.63, 3.8) is 0 Å². The van der Waals surface area contributed by atoms with E-state index in [0.29, 0.717) is 31.5 Å². The zero-order chi connectivity index (χ0) is 20.4. The van der Waals surface area contributed by atoms with Crippen LogP contribution in [0.25, 0.3) is 0 Å². The first-order valence-electron chi connectivity index (χ1n) is 10.1. The van der Waals surface area contributed by atoms with E-state index in [4.69, 9.17) is 0 Å². The smallest absolute Gasteiger partial charge is 0.253 e. The average molecular weight is 459 g/mol. The number of hydrogen-bond acceptors (Lipinski definition) is 2. The first-order valence-corrected chi connectivity index (χ1v) is 10.9. The van der Waals surface area contributed by atoms with Gasteiger partial charge >= 0.3 is 0 Å². The Morgan fingerprint density at radius 2 is 1.55 bits per heavy atom. The van der Waals surface area contributed by atoms with Crippen LogP contribution in [-0.2, 0) is 4.79 Å². The molecule has 0 bridgehead atoms. The molecule has 6 heteroatoms. The molecular weight excluding hydrogens is 435 g/mol. The summed E-state index contributed by atoms with van der Waals surface area (Å²) in [5.41, 5.74) is 1.67. The monoisotopic (exact) mass is 458 g/mol. The molecule has 2 heterocycles. The maximum Gasteiger partial charge on any atom is 0.253 e. The fourth-order valence-electron chi connectivity index (χ4n) is 4.40. The Bertz CT molecular complexity index is 877. The van der Waals surface area contributed by atoms with E-state index >= 15 is 0 Å². The standard InChI is InChI=1S/C23H24BrFN2O2/c24-19-7-3-16(4-8-19)21-2-1-13-27(21)23(29)18-11-14-26(15-12-18)22(28)17-5-9-20(25)10-6-17/h3-10,18,21H,1-2,11-15H2. The number of piperidine rings is 1. The lowest BCUT2D eigenvalue weighted by atomic mass is 9.94. The third-order valence-electron chi connectivity index (χ3n) is 6.01. The van der Waals surface area contributed by atoms with Gasteiger partial charge in [-0.25, -0.2) is 4.39 Å². The summed E-state index contributed by atoms with van der Waals surface area (Å²) in [6.45, 7) is 1.92. The Balaban J connectivity index is 1.37. The molecule has 2 aliphatic heterocycles. The quantitative estimate of drug-likeness (QED) is 0.662. The van der Waals surface area contributed by atoms with Gasteiger partial charge in [-0.2, -0.15) is 0 Å². The third-order valence-corrected chi connectivity index (χ3v) is 6.54. The van der Waals surface area contributed by atoms with E-state index in [1.807, 2.05) is 17.0 Å². The molecule has 0 N–H and O–H groups in total. The molecule has 2 amide bonds. The third kappa shape index (κ3) is 4.37. The molecule has 4 rings (SSSR count). The molecule has 2 aromatic carbocycles. The summed E-state index contributed by atoms with van der Waals surface area (Å²) in [5, 5.41) is 0. The lowest BCUT2D eigenvalue weighted by Crippen LogP contribution is -2.44. The van der Waals surface area contributed by atoms with Gasteiger partial charge in [-0.05, 0) is 67.6 Å². The van der Waals surface area contributed by atoms with Crippen LogP contribution in [0, 0.1) is 11.7 Å². The highest BCUT2D eigenvalue weighted by Gasteiger charge is 2.36. The molecular formula is C23H24BrFN2O2. The summed E-state index contributed by atoms with van der Waals surface area (Å²) in [4.78, 5) is 29.6. The Kier molecular flexibility index (Phi) is 5.99.